The van der Waals surface area contributed by atoms with Crippen LogP contribution in [0.15, 0.2) is 18.2 Å². The Morgan fingerprint density at radius 2 is 2.25 bits per heavy atom. The molecule has 112 valence electrons. The van der Waals surface area contributed by atoms with E-state index in [0.717, 1.165) is 18.9 Å². The molecule has 0 amide bonds. The first-order valence-corrected chi connectivity index (χ1v) is 8.38. The zero-order valence-electron chi connectivity index (χ0n) is 11.2. The summed E-state index contributed by atoms with van der Waals surface area (Å²) >= 11 is 5.64. The van der Waals surface area contributed by atoms with Gasteiger partial charge < -0.3 is 4.74 Å². The molecule has 1 aliphatic rings. The second-order valence-corrected chi connectivity index (χ2v) is 7.44. The predicted molar refractivity (Wildman–Crippen MR) is 75.6 cm³/mol. The zero-order chi connectivity index (χ0) is 14.8. The standard InChI is InChI=1S/C13H17ClFNO3S/c1-13(5-2-6-19-13)9-16-20(17,18)8-10-3-4-12(15)11(14)7-10/h3-4,7,16H,2,5-6,8-9H2,1H3/t13-/m1/s1. The van der Waals surface area contributed by atoms with Gasteiger partial charge in [0.1, 0.15) is 5.82 Å². The van der Waals surface area contributed by atoms with Crippen molar-refractivity contribution in [2.75, 3.05) is 13.2 Å². The van der Waals surface area contributed by atoms with Gasteiger partial charge in [-0.25, -0.2) is 17.5 Å². The van der Waals surface area contributed by atoms with Gasteiger partial charge in [0, 0.05) is 13.2 Å². The van der Waals surface area contributed by atoms with Crippen molar-refractivity contribution in [2.24, 2.45) is 0 Å². The minimum atomic E-state index is -3.50. The Morgan fingerprint density at radius 1 is 1.50 bits per heavy atom. The number of hydrogen-bond acceptors (Lipinski definition) is 3. The summed E-state index contributed by atoms with van der Waals surface area (Å²) in [6, 6.07) is 3.90. The van der Waals surface area contributed by atoms with Crippen LogP contribution in [0.25, 0.3) is 0 Å². The van der Waals surface area contributed by atoms with E-state index >= 15 is 0 Å². The van der Waals surface area contributed by atoms with Gasteiger partial charge in [-0.1, -0.05) is 17.7 Å². The molecule has 1 N–H and O–H groups in total. The Hall–Kier alpha value is -0.690. The number of nitrogens with one attached hydrogen (secondary N) is 1. The highest BCUT2D eigenvalue weighted by Gasteiger charge is 2.31. The van der Waals surface area contributed by atoms with E-state index in [0.29, 0.717) is 12.2 Å². The normalized spacial score (nSPS) is 23.1. The van der Waals surface area contributed by atoms with Gasteiger partial charge in [-0.2, -0.15) is 0 Å². The Kier molecular flexibility index (Phi) is 4.69. The van der Waals surface area contributed by atoms with Crippen LogP contribution in [-0.2, 0) is 20.5 Å². The Morgan fingerprint density at radius 3 is 2.85 bits per heavy atom. The van der Waals surface area contributed by atoms with Gasteiger partial charge in [0.25, 0.3) is 0 Å². The van der Waals surface area contributed by atoms with Crippen molar-refractivity contribution in [1.29, 1.82) is 0 Å². The molecule has 0 aromatic heterocycles. The number of rotatable bonds is 5. The predicted octanol–water partition coefficient (Wildman–Crippen LogP) is 2.47. The maximum atomic E-state index is 13.0. The van der Waals surface area contributed by atoms with Crippen LogP contribution in [-0.4, -0.2) is 27.2 Å². The Balaban J connectivity index is 1.98. The average molecular weight is 322 g/mol. The summed E-state index contributed by atoms with van der Waals surface area (Å²) < 4.78 is 45.1. The molecule has 7 heteroatoms. The Bertz CT molecular complexity index is 585. The minimum Gasteiger partial charge on any atom is -0.374 e. The van der Waals surface area contributed by atoms with Crippen LogP contribution in [0.3, 0.4) is 0 Å². The van der Waals surface area contributed by atoms with Gasteiger partial charge in [-0.15, -0.1) is 0 Å². The monoisotopic (exact) mass is 321 g/mol. The highest BCUT2D eigenvalue weighted by molar-refractivity contribution is 7.88. The lowest BCUT2D eigenvalue weighted by atomic mass is 10.0. The van der Waals surface area contributed by atoms with E-state index in [2.05, 4.69) is 4.72 Å². The van der Waals surface area contributed by atoms with Crippen molar-refractivity contribution in [3.63, 3.8) is 0 Å². The summed E-state index contributed by atoms with van der Waals surface area (Å²) in [5.41, 5.74) is 0.00874. The first-order valence-electron chi connectivity index (χ1n) is 6.35. The van der Waals surface area contributed by atoms with Crippen molar-refractivity contribution >= 4 is 21.6 Å². The second-order valence-electron chi connectivity index (χ2n) is 5.23. The number of halogens is 2. The van der Waals surface area contributed by atoms with Gasteiger partial charge >= 0.3 is 0 Å². The quantitative estimate of drug-likeness (QED) is 0.906. The first-order chi connectivity index (χ1) is 9.30. The maximum Gasteiger partial charge on any atom is 0.215 e. The van der Waals surface area contributed by atoms with Crippen LogP contribution in [0.1, 0.15) is 25.3 Å². The van der Waals surface area contributed by atoms with Gasteiger partial charge in [-0.3, -0.25) is 0 Å². The highest BCUT2D eigenvalue weighted by Crippen LogP contribution is 2.24. The molecule has 2 rings (SSSR count). The van der Waals surface area contributed by atoms with Crippen LogP contribution < -0.4 is 4.72 Å². The van der Waals surface area contributed by atoms with E-state index < -0.39 is 21.4 Å². The summed E-state index contributed by atoms with van der Waals surface area (Å²) in [7, 11) is -3.50. The van der Waals surface area contributed by atoms with Crippen LogP contribution in [0.5, 0.6) is 0 Å². The topological polar surface area (TPSA) is 55.4 Å². The zero-order valence-corrected chi connectivity index (χ0v) is 12.7. The molecule has 1 saturated heterocycles. The van der Waals surface area contributed by atoms with E-state index in [1.807, 2.05) is 6.92 Å². The SMILES string of the molecule is C[C@]1(CNS(=O)(=O)Cc2ccc(F)c(Cl)c2)CCCO1. The first kappa shape index (κ1) is 15.7. The van der Waals surface area contributed by atoms with Crippen molar-refractivity contribution < 1.29 is 17.5 Å². The molecule has 1 fully saturated rings. The third-order valence-electron chi connectivity index (χ3n) is 3.31. The summed E-state index contributed by atoms with van der Waals surface area (Å²) in [5.74, 6) is -0.795. The lowest BCUT2D eigenvalue weighted by Crippen LogP contribution is -2.40. The molecule has 0 radical (unpaired) electrons. The van der Waals surface area contributed by atoms with Crippen LogP contribution in [0.2, 0.25) is 5.02 Å². The molecule has 0 unspecified atom stereocenters. The van der Waals surface area contributed by atoms with E-state index in [1.54, 1.807) is 0 Å². The van der Waals surface area contributed by atoms with Crippen molar-refractivity contribution in [2.45, 2.75) is 31.1 Å². The molecule has 1 heterocycles. The van der Waals surface area contributed by atoms with Gasteiger partial charge in [0.2, 0.25) is 10.0 Å². The minimum absolute atomic E-state index is 0.0798. The second kappa shape index (κ2) is 5.97. The van der Waals surface area contributed by atoms with E-state index in [4.69, 9.17) is 16.3 Å². The number of sulfonamides is 1. The third kappa shape index (κ3) is 4.15. The molecule has 1 aromatic carbocycles. The number of benzene rings is 1. The lowest BCUT2D eigenvalue weighted by molar-refractivity contribution is 0.0250. The van der Waals surface area contributed by atoms with Gasteiger partial charge in [-0.05, 0) is 37.5 Å². The highest BCUT2D eigenvalue weighted by atomic mass is 35.5. The van der Waals surface area contributed by atoms with Crippen LogP contribution >= 0.6 is 11.6 Å². The summed E-state index contributed by atoms with van der Waals surface area (Å²) in [6.07, 6.45) is 1.77. The molecule has 4 nitrogen and oxygen atoms in total. The third-order valence-corrected chi connectivity index (χ3v) is 4.89. The number of hydrogen-bond donors (Lipinski definition) is 1. The molecule has 0 saturated carbocycles. The molecule has 1 atom stereocenters. The average Bonchev–Trinajstić information content (AvgIpc) is 2.79. The molecule has 1 aromatic rings. The lowest BCUT2D eigenvalue weighted by Gasteiger charge is -2.23. The van der Waals surface area contributed by atoms with Crippen LogP contribution in [0, 0.1) is 5.82 Å². The van der Waals surface area contributed by atoms with E-state index in [1.165, 1.54) is 12.1 Å². The molecular formula is C13H17ClFNO3S. The molecule has 20 heavy (non-hydrogen) atoms. The summed E-state index contributed by atoms with van der Waals surface area (Å²) in [6.45, 7) is 2.79. The summed E-state index contributed by atoms with van der Waals surface area (Å²) in [5, 5.41) is -0.0798. The molecule has 0 aliphatic carbocycles. The van der Waals surface area contributed by atoms with Gasteiger partial charge in [0.15, 0.2) is 0 Å². The van der Waals surface area contributed by atoms with Crippen molar-refractivity contribution in [1.82, 2.24) is 4.72 Å². The largest absolute Gasteiger partial charge is 0.374 e. The van der Waals surface area contributed by atoms with Gasteiger partial charge in [0.05, 0.1) is 16.4 Å². The molecule has 0 bridgehead atoms. The van der Waals surface area contributed by atoms with Crippen molar-refractivity contribution in [3.05, 3.63) is 34.6 Å². The molecule has 1 aliphatic heterocycles. The van der Waals surface area contributed by atoms with Crippen molar-refractivity contribution in [3.8, 4) is 0 Å². The maximum absolute atomic E-state index is 13.0. The Labute approximate surface area is 123 Å². The van der Waals surface area contributed by atoms with Crippen LogP contribution in [0.4, 0.5) is 4.39 Å². The van der Waals surface area contributed by atoms with E-state index in [9.17, 15) is 12.8 Å². The fourth-order valence-electron chi connectivity index (χ4n) is 2.14. The molecular weight excluding hydrogens is 305 g/mol. The summed E-state index contributed by atoms with van der Waals surface area (Å²) in [4.78, 5) is 0. The fraction of sp³-hybridized carbons (Fsp3) is 0.538. The number of ether oxygens (including phenoxy) is 1. The fourth-order valence-corrected chi connectivity index (χ4v) is 3.59. The molecule has 0 spiro atoms. The van der Waals surface area contributed by atoms with E-state index in [-0.39, 0.29) is 17.3 Å². The smallest absolute Gasteiger partial charge is 0.215 e.